The molecule has 0 fully saturated rings. The molecule has 0 aliphatic rings. The Morgan fingerprint density at radius 3 is 1.39 bits per heavy atom. The van der Waals surface area contributed by atoms with Gasteiger partial charge < -0.3 is 10.2 Å². The number of hydrogen-bond acceptors (Lipinski definition) is 3. The molecule has 0 aliphatic carbocycles. The van der Waals surface area contributed by atoms with Crippen molar-refractivity contribution >= 4 is 5.78 Å². The molecular weight excluding hydrogens is 384 g/mol. The molecule has 1 rings (SSSR count). The van der Waals surface area contributed by atoms with Crippen molar-refractivity contribution < 1.29 is 15.0 Å². The number of ketones is 1. The van der Waals surface area contributed by atoms with Crippen LogP contribution < -0.4 is 0 Å². The molecule has 0 radical (unpaired) electrons. The molecule has 0 heterocycles. The van der Waals surface area contributed by atoms with E-state index < -0.39 is 0 Å². The molecule has 31 heavy (non-hydrogen) atoms. The number of phenols is 2. The van der Waals surface area contributed by atoms with Crippen LogP contribution in [0, 0.1) is 0 Å². The van der Waals surface area contributed by atoms with E-state index in [-0.39, 0.29) is 17.3 Å². The SMILES string of the molecule is CCCCCCCCCCCCCCCCCCCCCC(=O)c1ccc(O)cc1O. The Labute approximate surface area is 191 Å². The second-order valence-corrected chi connectivity index (χ2v) is 9.24. The largest absolute Gasteiger partial charge is 0.508 e. The van der Waals surface area contributed by atoms with E-state index >= 15 is 0 Å². The zero-order valence-electron chi connectivity index (χ0n) is 20.2. The first kappa shape index (κ1) is 27.5. The van der Waals surface area contributed by atoms with Crippen LogP contribution in [0.3, 0.4) is 0 Å². The zero-order valence-corrected chi connectivity index (χ0v) is 20.2. The lowest BCUT2D eigenvalue weighted by Gasteiger charge is -2.05. The van der Waals surface area contributed by atoms with Crippen LogP contribution in [0.5, 0.6) is 11.5 Å². The van der Waals surface area contributed by atoms with Gasteiger partial charge >= 0.3 is 0 Å². The third-order valence-electron chi connectivity index (χ3n) is 6.29. The van der Waals surface area contributed by atoms with Crippen LogP contribution in [0.1, 0.15) is 146 Å². The number of benzene rings is 1. The first-order chi connectivity index (χ1) is 15.1. The highest BCUT2D eigenvalue weighted by molar-refractivity contribution is 5.98. The van der Waals surface area contributed by atoms with Crippen molar-refractivity contribution in [3.8, 4) is 11.5 Å². The van der Waals surface area contributed by atoms with Crippen LogP contribution in [0.15, 0.2) is 18.2 Å². The predicted molar refractivity (Wildman–Crippen MR) is 132 cm³/mol. The van der Waals surface area contributed by atoms with E-state index in [0.717, 1.165) is 12.8 Å². The Morgan fingerprint density at radius 2 is 1.00 bits per heavy atom. The minimum atomic E-state index is -0.122. The van der Waals surface area contributed by atoms with E-state index in [1.54, 1.807) is 0 Å². The molecule has 3 nitrogen and oxygen atoms in total. The highest BCUT2D eigenvalue weighted by atomic mass is 16.3. The summed E-state index contributed by atoms with van der Waals surface area (Å²) in [6.45, 7) is 2.28. The Bertz CT molecular complexity index is 567. The van der Waals surface area contributed by atoms with Gasteiger partial charge in [0, 0.05) is 12.5 Å². The predicted octanol–water partition coefficient (Wildman–Crippen LogP) is 9.10. The molecule has 0 saturated carbocycles. The summed E-state index contributed by atoms with van der Waals surface area (Å²) in [5, 5.41) is 19.0. The molecule has 0 amide bonds. The normalized spacial score (nSPS) is 11.1. The van der Waals surface area contributed by atoms with Gasteiger partial charge in [-0.15, -0.1) is 0 Å². The van der Waals surface area contributed by atoms with Crippen molar-refractivity contribution in [2.45, 2.75) is 135 Å². The maximum atomic E-state index is 12.1. The number of Topliss-reactive ketones (excluding diaryl/α,β-unsaturated/α-hetero) is 1. The summed E-state index contributed by atoms with van der Waals surface area (Å²) in [7, 11) is 0. The third kappa shape index (κ3) is 15.0. The van der Waals surface area contributed by atoms with Gasteiger partial charge in [0.2, 0.25) is 0 Å². The molecule has 1 aromatic carbocycles. The molecule has 0 atom stereocenters. The van der Waals surface area contributed by atoms with Crippen LogP contribution in [-0.4, -0.2) is 16.0 Å². The van der Waals surface area contributed by atoms with Gasteiger partial charge in [-0.05, 0) is 18.6 Å². The second kappa shape index (κ2) is 19.2. The molecular formula is C28H48O3. The number of rotatable bonds is 21. The van der Waals surface area contributed by atoms with E-state index in [1.807, 2.05) is 0 Å². The van der Waals surface area contributed by atoms with Crippen LogP contribution in [0.4, 0.5) is 0 Å². The van der Waals surface area contributed by atoms with Crippen molar-refractivity contribution in [2.24, 2.45) is 0 Å². The van der Waals surface area contributed by atoms with Gasteiger partial charge in [-0.3, -0.25) is 4.79 Å². The summed E-state index contributed by atoms with van der Waals surface area (Å²) in [5.74, 6) is -0.176. The number of hydrogen-bond donors (Lipinski definition) is 2. The number of carbonyl (C=O) groups excluding carboxylic acids is 1. The van der Waals surface area contributed by atoms with Gasteiger partial charge in [0.25, 0.3) is 0 Å². The third-order valence-corrected chi connectivity index (χ3v) is 6.29. The van der Waals surface area contributed by atoms with Crippen molar-refractivity contribution in [3.63, 3.8) is 0 Å². The maximum absolute atomic E-state index is 12.1. The summed E-state index contributed by atoms with van der Waals surface area (Å²) in [6, 6.07) is 4.18. The first-order valence-corrected chi connectivity index (χ1v) is 13.2. The van der Waals surface area contributed by atoms with E-state index in [2.05, 4.69) is 6.92 Å². The molecule has 0 spiro atoms. The van der Waals surface area contributed by atoms with Crippen molar-refractivity contribution in [1.82, 2.24) is 0 Å². The van der Waals surface area contributed by atoms with E-state index in [0.29, 0.717) is 12.0 Å². The number of unbranched alkanes of at least 4 members (excludes halogenated alkanes) is 18. The van der Waals surface area contributed by atoms with E-state index in [1.165, 1.54) is 127 Å². The fraction of sp³-hybridized carbons (Fsp3) is 0.750. The Hall–Kier alpha value is -1.51. The van der Waals surface area contributed by atoms with Crippen LogP contribution in [-0.2, 0) is 0 Å². The van der Waals surface area contributed by atoms with E-state index in [4.69, 9.17) is 0 Å². The average molecular weight is 433 g/mol. The van der Waals surface area contributed by atoms with Gasteiger partial charge in [-0.1, -0.05) is 122 Å². The lowest BCUT2D eigenvalue weighted by Crippen LogP contribution is -1.99. The van der Waals surface area contributed by atoms with Crippen LogP contribution in [0.25, 0.3) is 0 Å². The molecule has 0 saturated heterocycles. The second-order valence-electron chi connectivity index (χ2n) is 9.24. The molecule has 1 aromatic rings. The molecule has 3 heteroatoms. The van der Waals surface area contributed by atoms with E-state index in [9.17, 15) is 15.0 Å². The Kier molecular flexibility index (Phi) is 17.0. The van der Waals surface area contributed by atoms with Gasteiger partial charge in [0.05, 0.1) is 5.56 Å². The highest BCUT2D eigenvalue weighted by Crippen LogP contribution is 2.24. The Balaban J connectivity index is 1.80. The first-order valence-electron chi connectivity index (χ1n) is 13.2. The summed E-state index contributed by atoms with van der Waals surface area (Å²) in [6.07, 6.45) is 25.9. The highest BCUT2D eigenvalue weighted by Gasteiger charge is 2.11. The molecule has 0 aliphatic heterocycles. The molecule has 2 N–H and O–H groups in total. The van der Waals surface area contributed by atoms with Gasteiger partial charge in [-0.25, -0.2) is 0 Å². The van der Waals surface area contributed by atoms with Crippen molar-refractivity contribution in [1.29, 1.82) is 0 Å². The lowest BCUT2D eigenvalue weighted by molar-refractivity contribution is 0.0976. The molecule has 0 aromatic heterocycles. The fourth-order valence-electron chi connectivity index (χ4n) is 4.25. The summed E-state index contributed by atoms with van der Waals surface area (Å²) < 4.78 is 0. The molecule has 178 valence electrons. The quantitative estimate of drug-likeness (QED) is 0.150. The monoisotopic (exact) mass is 432 g/mol. The summed E-state index contributed by atoms with van der Waals surface area (Å²) in [5.41, 5.74) is 0.320. The number of phenolic OH excluding ortho intramolecular Hbond substituents is 2. The standard InChI is InChI=1S/C28H48O3/c1-2-3-4-5-6-7-8-9-10-11-12-13-14-15-16-17-18-19-20-21-27(30)26-23-22-25(29)24-28(26)31/h22-24,29,31H,2-21H2,1H3. The van der Waals surface area contributed by atoms with Crippen LogP contribution >= 0.6 is 0 Å². The smallest absolute Gasteiger partial charge is 0.166 e. The minimum absolute atomic E-state index is 0.0162. The molecule has 0 unspecified atom stereocenters. The maximum Gasteiger partial charge on any atom is 0.166 e. The molecule has 0 bridgehead atoms. The minimum Gasteiger partial charge on any atom is -0.508 e. The average Bonchev–Trinajstić information content (AvgIpc) is 2.75. The van der Waals surface area contributed by atoms with Gasteiger partial charge in [-0.2, -0.15) is 0 Å². The number of carbonyl (C=O) groups is 1. The van der Waals surface area contributed by atoms with Crippen molar-refractivity contribution in [3.05, 3.63) is 23.8 Å². The van der Waals surface area contributed by atoms with Gasteiger partial charge in [0.1, 0.15) is 11.5 Å². The lowest BCUT2D eigenvalue weighted by atomic mass is 10.0. The van der Waals surface area contributed by atoms with Crippen LogP contribution in [0.2, 0.25) is 0 Å². The zero-order chi connectivity index (χ0) is 22.6. The summed E-state index contributed by atoms with van der Waals surface area (Å²) >= 11 is 0. The fourth-order valence-corrected chi connectivity index (χ4v) is 4.25. The summed E-state index contributed by atoms with van der Waals surface area (Å²) in [4.78, 5) is 12.1. The Morgan fingerprint density at radius 1 is 0.613 bits per heavy atom. The topological polar surface area (TPSA) is 57.5 Å². The van der Waals surface area contributed by atoms with Gasteiger partial charge in [0.15, 0.2) is 5.78 Å². The van der Waals surface area contributed by atoms with Crippen molar-refractivity contribution in [2.75, 3.05) is 0 Å². The number of aromatic hydroxyl groups is 2.